The molecule has 3 amide bonds. The van der Waals surface area contributed by atoms with Gasteiger partial charge in [0.25, 0.3) is 0 Å². The van der Waals surface area contributed by atoms with Crippen LogP contribution in [-0.4, -0.2) is 54.5 Å². The van der Waals surface area contributed by atoms with Crippen molar-refractivity contribution in [2.75, 3.05) is 32.7 Å². The molecule has 3 heterocycles. The van der Waals surface area contributed by atoms with Gasteiger partial charge in [0.15, 0.2) is 0 Å². The molecule has 0 atom stereocenters. The van der Waals surface area contributed by atoms with Gasteiger partial charge < -0.3 is 16.0 Å². The third-order valence-electron chi connectivity index (χ3n) is 5.39. The van der Waals surface area contributed by atoms with Crippen molar-refractivity contribution in [3.63, 3.8) is 0 Å². The zero-order chi connectivity index (χ0) is 17.6. The van der Waals surface area contributed by atoms with Crippen LogP contribution in [-0.2, 0) is 11.3 Å². The van der Waals surface area contributed by atoms with Gasteiger partial charge in [0.05, 0.1) is 0 Å². The minimum absolute atomic E-state index is 0.00364. The van der Waals surface area contributed by atoms with Crippen molar-refractivity contribution >= 4 is 23.3 Å². The zero-order valence-corrected chi connectivity index (χ0v) is 15.5. The monoisotopic (exact) mass is 364 g/mol. The Morgan fingerprint density at radius 2 is 1.88 bits per heavy atom. The van der Waals surface area contributed by atoms with Crippen LogP contribution in [0.2, 0.25) is 0 Å². The van der Waals surface area contributed by atoms with Gasteiger partial charge in [-0.25, -0.2) is 4.79 Å². The number of piperidine rings is 2. The van der Waals surface area contributed by atoms with E-state index in [1.165, 1.54) is 4.88 Å². The number of urea groups is 1. The number of nitrogens with two attached hydrogens (primary N) is 1. The molecule has 1 aromatic rings. The van der Waals surface area contributed by atoms with Crippen LogP contribution in [0.1, 0.15) is 30.6 Å². The van der Waals surface area contributed by atoms with E-state index in [0.29, 0.717) is 31.8 Å². The maximum absolute atomic E-state index is 12.3. The number of nitrogens with one attached hydrogen (secondary N) is 1. The average Bonchev–Trinajstić information content (AvgIpc) is 3.14. The predicted molar refractivity (Wildman–Crippen MR) is 99.2 cm³/mol. The average molecular weight is 365 g/mol. The molecule has 25 heavy (non-hydrogen) atoms. The van der Waals surface area contributed by atoms with Gasteiger partial charge in [0.1, 0.15) is 0 Å². The van der Waals surface area contributed by atoms with Crippen molar-refractivity contribution in [3.05, 3.63) is 22.4 Å². The third-order valence-corrected chi connectivity index (χ3v) is 6.25. The highest BCUT2D eigenvalue weighted by molar-refractivity contribution is 7.09. The Morgan fingerprint density at radius 1 is 1.16 bits per heavy atom. The van der Waals surface area contributed by atoms with Gasteiger partial charge in [-0.05, 0) is 56.1 Å². The standard InChI is InChI=1S/C18H28N4O2S/c19-17(23)15-5-9-22(10-6-15)18(24)20-12-14-3-7-21(8-4-14)13-16-2-1-11-25-16/h1-2,11,14-15H,3-10,12-13H2,(H2,19,23)(H,20,24). The third kappa shape index (κ3) is 5.19. The van der Waals surface area contributed by atoms with Crippen molar-refractivity contribution in [2.24, 2.45) is 17.6 Å². The summed E-state index contributed by atoms with van der Waals surface area (Å²) >= 11 is 1.82. The van der Waals surface area contributed by atoms with Crippen LogP contribution in [0.3, 0.4) is 0 Å². The fourth-order valence-electron chi connectivity index (χ4n) is 3.68. The molecule has 0 bridgehead atoms. The summed E-state index contributed by atoms with van der Waals surface area (Å²) in [5.74, 6) is 0.248. The van der Waals surface area contributed by atoms with Gasteiger partial charge in [-0.15, -0.1) is 11.3 Å². The molecule has 0 saturated carbocycles. The highest BCUT2D eigenvalue weighted by Crippen LogP contribution is 2.21. The molecule has 0 radical (unpaired) electrons. The van der Waals surface area contributed by atoms with E-state index in [4.69, 9.17) is 5.73 Å². The number of primary amides is 1. The smallest absolute Gasteiger partial charge is 0.317 e. The van der Waals surface area contributed by atoms with Crippen molar-refractivity contribution in [1.29, 1.82) is 0 Å². The predicted octanol–water partition coefficient (Wildman–Crippen LogP) is 1.87. The Balaban J connectivity index is 1.33. The second-order valence-electron chi connectivity index (χ2n) is 7.15. The van der Waals surface area contributed by atoms with Gasteiger partial charge in [-0.1, -0.05) is 6.07 Å². The SMILES string of the molecule is NC(=O)C1CCN(C(=O)NCC2CCN(Cc3cccs3)CC2)CC1. The number of carbonyl (C=O) groups is 2. The summed E-state index contributed by atoms with van der Waals surface area (Å²) in [4.78, 5) is 29.2. The lowest BCUT2D eigenvalue weighted by molar-refractivity contribution is -0.123. The Morgan fingerprint density at radius 3 is 2.48 bits per heavy atom. The molecule has 3 N–H and O–H groups in total. The van der Waals surface area contributed by atoms with Gasteiger partial charge in [0.2, 0.25) is 5.91 Å². The van der Waals surface area contributed by atoms with Gasteiger partial charge in [0, 0.05) is 37.0 Å². The highest BCUT2D eigenvalue weighted by atomic mass is 32.1. The molecule has 138 valence electrons. The van der Waals surface area contributed by atoms with Crippen LogP contribution in [0.25, 0.3) is 0 Å². The number of hydrogen-bond acceptors (Lipinski definition) is 4. The van der Waals surface area contributed by atoms with Crippen LogP contribution in [0, 0.1) is 11.8 Å². The molecule has 0 unspecified atom stereocenters. The first-order chi connectivity index (χ1) is 12.1. The Bertz CT molecular complexity index is 562. The Hall–Kier alpha value is -1.60. The van der Waals surface area contributed by atoms with E-state index in [-0.39, 0.29) is 17.9 Å². The molecule has 6 nitrogen and oxygen atoms in total. The number of hydrogen-bond donors (Lipinski definition) is 2. The minimum atomic E-state index is -0.241. The molecule has 2 aliphatic heterocycles. The molecule has 0 spiro atoms. The summed E-state index contributed by atoms with van der Waals surface area (Å²) in [7, 11) is 0. The van der Waals surface area contributed by atoms with Crippen LogP contribution in [0.5, 0.6) is 0 Å². The molecule has 1 aromatic heterocycles. The molecule has 0 aliphatic carbocycles. The Labute approximate surface area is 153 Å². The van der Waals surface area contributed by atoms with E-state index in [9.17, 15) is 9.59 Å². The van der Waals surface area contributed by atoms with E-state index in [0.717, 1.165) is 39.0 Å². The first-order valence-electron chi connectivity index (χ1n) is 9.18. The molecular weight excluding hydrogens is 336 g/mol. The molecule has 2 fully saturated rings. The number of rotatable bonds is 5. The van der Waals surface area contributed by atoms with Crippen LogP contribution < -0.4 is 11.1 Å². The quantitative estimate of drug-likeness (QED) is 0.837. The minimum Gasteiger partial charge on any atom is -0.369 e. The zero-order valence-electron chi connectivity index (χ0n) is 14.7. The summed E-state index contributed by atoms with van der Waals surface area (Å²) in [6.45, 7) is 5.25. The van der Waals surface area contributed by atoms with E-state index < -0.39 is 0 Å². The van der Waals surface area contributed by atoms with Crippen molar-refractivity contribution in [1.82, 2.24) is 15.1 Å². The normalized spacial score (nSPS) is 20.6. The summed E-state index contributed by atoms with van der Waals surface area (Å²) in [5.41, 5.74) is 5.34. The molecule has 0 aromatic carbocycles. The van der Waals surface area contributed by atoms with Gasteiger partial charge in [-0.3, -0.25) is 9.69 Å². The van der Waals surface area contributed by atoms with Gasteiger partial charge in [-0.2, -0.15) is 0 Å². The maximum Gasteiger partial charge on any atom is 0.317 e. The first-order valence-corrected chi connectivity index (χ1v) is 10.1. The summed E-state index contributed by atoms with van der Waals surface area (Å²) in [6, 6.07) is 4.30. The molecular formula is C18H28N4O2S. The number of likely N-dealkylation sites (tertiary alicyclic amines) is 2. The van der Waals surface area contributed by atoms with Gasteiger partial charge >= 0.3 is 6.03 Å². The van der Waals surface area contributed by atoms with Crippen molar-refractivity contribution in [3.8, 4) is 0 Å². The number of carbonyl (C=O) groups excluding carboxylic acids is 2. The number of amides is 3. The first kappa shape index (κ1) is 18.2. The molecule has 3 rings (SSSR count). The fraction of sp³-hybridized carbons (Fsp3) is 0.667. The van der Waals surface area contributed by atoms with E-state index in [2.05, 4.69) is 27.7 Å². The maximum atomic E-state index is 12.3. The lowest BCUT2D eigenvalue weighted by Crippen LogP contribution is -2.48. The number of thiophene rings is 1. The topological polar surface area (TPSA) is 78.7 Å². The largest absolute Gasteiger partial charge is 0.369 e. The van der Waals surface area contributed by atoms with Crippen LogP contribution in [0.4, 0.5) is 4.79 Å². The molecule has 2 saturated heterocycles. The second-order valence-corrected chi connectivity index (χ2v) is 8.18. The molecule has 7 heteroatoms. The summed E-state index contributed by atoms with van der Waals surface area (Å²) < 4.78 is 0. The lowest BCUT2D eigenvalue weighted by atomic mass is 9.96. The van der Waals surface area contributed by atoms with Crippen LogP contribution in [0.15, 0.2) is 17.5 Å². The Kier molecular flexibility index (Phi) is 6.31. The van der Waals surface area contributed by atoms with E-state index in [1.54, 1.807) is 0 Å². The van der Waals surface area contributed by atoms with Crippen molar-refractivity contribution < 1.29 is 9.59 Å². The fourth-order valence-corrected chi connectivity index (χ4v) is 4.43. The highest BCUT2D eigenvalue weighted by Gasteiger charge is 2.26. The lowest BCUT2D eigenvalue weighted by Gasteiger charge is -2.33. The number of nitrogens with zero attached hydrogens (tertiary/aromatic N) is 2. The summed E-state index contributed by atoms with van der Waals surface area (Å²) in [5, 5.41) is 5.21. The molecule has 2 aliphatic rings. The van der Waals surface area contributed by atoms with E-state index >= 15 is 0 Å². The van der Waals surface area contributed by atoms with Crippen LogP contribution >= 0.6 is 11.3 Å². The van der Waals surface area contributed by atoms with E-state index in [1.807, 2.05) is 16.2 Å². The second kappa shape index (κ2) is 8.67. The summed E-state index contributed by atoms with van der Waals surface area (Å²) in [6.07, 6.45) is 3.64. The van der Waals surface area contributed by atoms with Crippen molar-refractivity contribution in [2.45, 2.75) is 32.2 Å².